The fourth-order valence-corrected chi connectivity index (χ4v) is 2.80. The predicted octanol–water partition coefficient (Wildman–Crippen LogP) is 1.25. The minimum Gasteiger partial charge on any atom is -0.477 e. The molecule has 1 N–H and O–H groups in total. The van der Waals surface area contributed by atoms with Gasteiger partial charge in [0.2, 0.25) is 6.10 Å². The summed E-state index contributed by atoms with van der Waals surface area (Å²) < 4.78 is 0. The van der Waals surface area contributed by atoms with E-state index in [9.17, 15) is 9.59 Å². The number of aliphatic carboxylic acids is 1. The molecule has 19 heavy (non-hydrogen) atoms. The van der Waals surface area contributed by atoms with Crippen LogP contribution in [0.2, 0.25) is 0 Å². The fourth-order valence-electron chi connectivity index (χ4n) is 2.80. The first-order valence-electron chi connectivity index (χ1n) is 6.71. The zero-order valence-corrected chi connectivity index (χ0v) is 11.3. The number of carboxylic acid groups (broad SMARTS) is 1. The second-order valence-corrected chi connectivity index (χ2v) is 5.52. The Balaban J connectivity index is 1.91. The second-order valence-electron chi connectivity index (χ2n) is 5.52. The van der Waals surface area contributed by atoms with E-state index in [1.165, 1.54) is 6.42 Å². The Kier molecular flexibility index (Phi) is 4.07. The first-order chi connectivity index (χ1) is 8.99. The molecule has 1 aliphatic heterocycles. The molecule has 0 bridgehead atoms. The van der Waals surface area contributed by atoms with Gasteiger partial charge in [-0.15, -0.1) is 0 Å². The summed E-state index contributed by atoms with van der Waals surface area (Å²) in [7, 11) is 1.77. The van der Waals surface area contributed by atoms with Crippen LogP contribution in [0.4, 0.5) is 0 Å². The molecule has 3 unspecified atom stereocenters. The highest BCUT2D eigenvalue weighted by molar-refractivity contribution is 6.36. The summed E-state index contributed by atoms with van der Waals surface area (Å²) in [6.07, 6.45) is 3.64. The van der Waals surface area contributed by atoms with Crippen LogP contribution >= 0.6 is 0 Å². The topological polar surface area (TPSA) is 79.2 Å². The van der Waals surface area contributed by atoms with Gasteiger partial charge in [0.05, 0.1) is 0 Å². The van der Waals surface area contributed by atoms with Crippen LogP contribution in [0.5, 0.6) is 0 Å². The van der Waals surface area contributed by atoms with E-state index < -0.39 is 12.1 Å². The number of carboxylic acids is 1. The Morgan fingerprint density at radius 2 is 2.16 bits per heavy atom. The van der Waals surface area contributed by atoms with Gasteiger partial charge in [-0.1, -0.05) is 24.9 Å². The van der Waals surface area contributed by atoms with Crippen LogP contribution in [0.3, 0.4) is 0 Å². The number of carbonyl (C=O) groups is 2. The van der Waals surface area contributed by atoms with Gasteiger partial charge in [-0.3, -0.25) is 4.79 Å². The molecule has 2 aliphatic rings. The Labute approximate surface area is 112 Å². The molecule has 1 saturated carbocycles. The smallest absolute Gasteiger partial charge is 0.353 e. The number of likely N-dealkylation sites (N-methyl/N-ethyl adjacent to an activating group) is 1. The normalized spacial score (nSPS) is 30.4. The van der Waals surface area contributed by atoms with Crippen LogP contribution in [0.25, 0.3) is 0 Å². The molecule has 1 aliphatic carbocycles. The molecule has 0 saturated heterocycles. The molecule has 1 amide bonds. The lowest BCUT2D eigenvalue weighted by Crippen LogP contribution is -2.45. The molecule has 3 atom stereocenters. The van der Waals surface area contributed by atoms with Gasteiger partial charge < -0.3 is 14.8 Å². The third kappa shape index (κ3) is 3.05. The Bertz CT molecular complexity index is 407. The van der Waals surface area contributed by atoms with Crippen molar-refractivity contribution < 1.29 is 19.5 Å². The van der Waals surface area contributed by atoms with Crippen LogP contribution in [0.1, 0.15) is 39.0 Å². The lowest BCUT2D eigenvalue weighted by atomic mass is 9.86. The Hall–Kier alpha value is -1.59. The van der Waals surface area contributed by atoms with Gasteiger partial charge >= 0.3 is 5.97 Å². The minimum atomic E-state index is -1.12. The highest BCUT2D eigenvalue weighted by atomic mass is 16.6. The van der Waals surface area contributed by atoms with Crippen molar-refractivity contribution in [3.63, 3.8) is 0 Å². The zero-order valence-electron chi connectivity index (χ0n) is 11.3. The van der Waals surface area contributed by atoms with Crippen LogP contribution < -0.4 is 0 Å². The number of carbonyl (C=O) groups excluding carboxylic acids is 1. The fraction of sp³-hybridized carbons (Fsp3) is 0.769. The van der Waals surface area contributed by atoms with Crippen molar-refractivity contribution in [1.29, 1.82) is 0 Å². The summed E-state index contributed by atoms with van der Waals surface area (Å²) in [5, 5.41) is 12.2. The van der Waals surface area contributed by atoms with Crippen molar-refractivity contribution in [3.8, 4) is 0 Å². The van der Waals surface area contributed by atoms with Gasteiger partial charge in [-0.2, -0.15) is 0 Å². The lowest BCUT2D eigenvalue weighted by Gasteiger charge is -2.34. The molecule has 0 radical (unpaired) electrons. The summed E-state index contributed by atoms with van der Waals surface area (Å²) in [4.78, 5) is 29.7. The molecule has 0 aromatic heterocycles. The second kappa shape index (κ2) is 5.59. The monoisotopic (exact) mass is 268 g/mol. The molecule has 106 valence electrons. The molecule has 1 fully saturated rings. The standard InChI is InChI=1S/C13H20N2O4/c1-8-4-3-5-9(6-8)15(2)12(16)11-7-10(13(17)18)14-19-11/h8-9,11H,3-7H2,1-2H3,(H,17,18). The first-order valence-corrected chi connectivity index (χ1v) is 6.71. The molecule has 2 rings (SSSR count). The maximum atomic E-state index is 12.3. The molecule has 6 heteroatoms. The predicted molar refractivity (Wildman–Crippen MR) is 68.8 cm³/mol. The Morgan fingerprint density at radius 3 is 2.74 bits per heavy atom. The van der Waals surface area contributed by atoms with E-state index in [-0.39, 0.29) is 24.1 Å². The molecular weight excluding hydrogens is 248 g/mol. The minimum absolute atomic E-state index is 0.0563. The summed E-state index contributed by atoms with van der Waals surface area (Å²) >= 11 is 0. The van der Waals surface area contributed by atoms with E-state index in [4.69, 9.17) is 9.94 Å². The number of amides is 1. The number of oxime groups is 1. The van der Waals surface area contributed by atoms with Crippen molar-refractivity contribution in [1.82, 2.24) is 4.90 Å². The maximum Gasteiger partial charge on any atom is 0.353 e. The summed E-state index contributed by atoms with van der Waals surface area (Å²) in [5.41, 5.74) is -0.0798. The van der Waals surface area contributed by atoms with E-state index in [1.54, 1.807) is 11.9 Å². The number of rotatable bonds is 3. The van der Waals surface area contributed by atoms with Gasteiger partial charge in [0.15, 0.2) is 5.71 Å². The van der Waals surface area contributed by atoms with Crippen molar-refractivity contribution in [3.05, 3.63) is 0 Å². The summed E-state index contributed by atoms with van der Waals surface area (Å²) in [6.45, 7) is 2.20. The lowest BCUT2D eigenvalue weighted by molar-refractivity contribution is -0.143. The molecule has 0 spiro atoms. The van der Waals surface area contributed by atoms with Gasteiger partial charge in [-0.05, 0) is 18.8 Å². The summed E-state index contributed by atoms with van der Waals surface area (Å²) in [5.74, 6) is -0.660. The highest BCUT2D eigenvalue weighted by Gasteiger charge is 2.36. The van der Waals surface area contributed by atoms with E-state index in [1.807, 2.05) is 0 Å². The van der Waals surface area contributed by atoms with Gasteiger partial charge in [0, 0.05) is 19.5 Å². The van der Waals surface area contributed by atoms with Crippen LogP contribution in [-0.4, -0.2) is 46.8 Å². The first kappa shape index (κ1) is 13.8. The summed E-state index contributed by atoms with van der Waals surface area (Å²) in [6, 6.07) is 0.230. The number of nitrogens with zero attached hydrogens (tertiary/aromatic N) is 2. The van der Waals surface area contributed by atoms with Crippen LogP contribution in [0.15, 0.2) is 5.16 Å². The van der Waals surface area contributed by atoms with Crippen LogP contribution in [0, 0.1) is 5.92 Å². The van der Waals surface area contributed by atoms with E-state index in [0.29, 0.717) is 5.92 Å². The average molecular weight is 268 g/mol. The maximum absolute atomic E-state index is 12.3. The molecule has 1 heterocycles. The molecular formula is C13H20N2O4. The molecule has 0 aromatic rings. The van der Waals surface area contributed by atoms with Gasteiger partial charge in [0.1, 0.15) is 0 Å². The molecule has 6 nitrogen and oxygen atoms in total. The van der Waals surface area contributed by atoms with Crippen molar-refractivity contribution in [2.75, 3.05) is 7.05 Å². The van der Waals surface area contributed by atoms with E-state index in [2.05, 4.69) is 12.1 Å². The van der Waals surface area contributed by atoms with Crippen molar-refractivity contribution >= 4 is 17.6 Å². The zero-order chi connectivity index (χ0) is 14.0. The van der Waals surface area contributed by atoms with Crippen molar-refractivity contribution in [2.45, 2.75) is 51.2 Å². The Morgan fingerprint density at radius 1 is 1.42 bits per heavy atom. The highest BCUT2D eigenvalue weighted by Crippen LogP contribution is 2.27. The number of hydrogen-bond donors (Lipinski definition) is 1. The average Bonchev–Trinajstić information content (AvgIpc) is 2.86. The number of hydrogen-bond acceptors (Lipinski definition) is 4. The van der Waals surface area contributed by atoms with E-state index >= 15 is 0 Å². The van der Waals surface area contributed by atoms with Gasteiger partial charge in [-0.25, -0.2) is 4.79 Å². The molecule has 0 aromatic carbocycles. The SMILES string of the molecule is CC1CCCC(N(C)C(=O)C2CC(C(=O)O)=NO2)C1. The van der Waals surface area contributed by atoms with Gasteiger partial charge in [0.25, 0.3) is 5.91 Å². The van der Waals surface area contributed by atoms with Crippen molar-refractivity contribution in [2.24, 2.45) is 11.1 Å². The van der Waals surface area contributed by atoms with E-state index in [0.717, 1.165) is 19.3 Å². The quantitative estimate of drug-likeness (QED) is 0.835. The third-order valence-corrected chi connectivity index (χ3v) is 4.00. The largest absolute Gasteiger partial charge is 0.477 e. The van der Waals surface area contributed by atoms with Crippen LogP contribution in [-0.2, 0) is 14.4 Å². The third-order valence-electron chi connectivity index (χ3n) is 4.00.